The van der Waals surface area contributed by atoms with Crippen molar-refractivity contribution in [3.05, 3.63) is 71.1 Å². The summed E-state index contributed by atoms with van der Waals surface area (Å²) in [5.41, 5.74) is 0.863. The summed E-state index contributed by atoms with van der Waals surface area (Å²) in [6, 6.07) is 11.7. The molecule has 0 radical (unpaired) electrons. The van der Waals surface area contributed by atoms with Crippen LogP contribution >= 0.6 is 11.6 Å². The Hall–Kier alpha value is -2.99. The summed E-state index contributed by atoms with van der Waals surface area (Å²) in [7, 11) is 0. The average Bonchev–Trinajstić information content (AvgIpc) is 2.60. The number of ether oxygens (including phenoxy) is 1. The van der Waals surface area contributed by atoms with Gasteiger partial charge in [0, 0.05) is 17.4 Å². The maximum Gasteiger partial charge on any atom is 0.338 e. The standard InChI is InChI=1S/C17H12ClN3O3/c18-11-3-1-4-13(9-11)24-10-12-6-8-20-16(21-12)15-14(17(22)23)5-2-7-19-15/h1-9H,10H2,(H,22,23). The molecule has 0 unspecified atom stereocenters. The zero-order valence-electron chi connectivity index (χ0n) is 12.4. The second-order valence-electron chi connectivity index (χ2n) is 4.82. The highest BCUT2D eigenvalue weighted by Gasteiger charge is 2.15. The van der Waals surface area contributed by atoms with Gasteiger partial charge in [-0.1, -0.05) is 17.7 Å². The van der Waals surface area contributed by atoms with Crippen LogP contribution in [-0.2, 0) is 6.61 Å². The van der Waals surface area contributed by atoms with Gasteiger partial charge in [-0.3, -0.25) is 4.98 Å². The number of carboxylic acid groups (broad SMARTS) is 1. The molecule has 0 aliphatic carbocycles. The fraction of sp³-hybridized carbons (Fsp3) is 0.0588. The number of halogens is 1. The number of hydrogen-bond acceptors (Lipinski definition) is 5. The third-order valence-electron chi connectivity index (χ3n) is 3.15. The van der Waals surface area contributed by atoms with Crippen LogP contribution in [0.5, 0.6) is 5.75 Å². The molecule has 24 heavy (non-hydrogen) atoms. The second kappa shape index (κ2) is 7.06. The van der Waals surface area contributed by atoms with Crippen LogP contribution in [0.2, 0.25) is 5.02 Å². The zero-order chi connectivity index (χ0) is 16.9. The summed E-state index contributed by atoms with van der Waals surface area (Å²) in [6.45, 7) is 0.200. The number of carboxylic acids is 1. The van der Waals surface area contributed by atoms with Crippen molar-refractivity contribution >= 4 is 17.6 Å². The Bertz CT molecular complexity index is 886. The normalized spacial score (nSPS) is 10.4. The molecule has 0 bridgehead atoms. The first-order valence-electron chi connectivity index (χ1n) is 7.02. The van der Waals surface area contributed by atoms with E-state index in [1.54, 1.807) is 42.6 Å². The number of hydrogen-bond donors (Lipinski definition) is 1. The number of carbonyl (C=O) groups is 1. The highest BCUT2D eigenvalue weighted by atomic mass is 35.5. The van der Waals surface area contributed by atoms with Crippen LogP contribution in [0.3, 0.4) is 0 Å². The molecule has 2 aromatic heterocycles. The van der Waals surface area contributed by atoms with Gasteiger partial charge in [0.25, 0.3) is 0 Å². The molecule has 0 amide bonds. The minimum absolute atomic E-state index is 0.0467. The molecule has 0 aliphatic heterocycles. The molecule has 0 aliphatic rings. The van der Waals surface area contributed by atoms with E-state index in [4.69, 9.17) is 16.3 Å². The fourth-order valence-corrected chi connectivity index (χ4v) is 2.24. The van der Waals surface area contributed by atoms with Gasteiger partial charge in [0.05, 0.1) is 11.3 Å². The molecule has 3 aromatic rings. The van der Waals surface area contributed by atoms with Gasteiger partial charge in [-0.25, -0.2) is 14.8 Å². The Morgan fingerprint density at radius 1 is 1.12 bits per heavy atom. The molecule has 1 N–H and O–H groups in total. The van der Waals surface area contributed by atoms with Crippen LogP contribution in [0.25, 0.3) is 11.5 Å². The number of nitrogens with zero attached hydrogens (tertiary/aromatic N) is 3. The van der Waals surface area contributed by atoms with Gasteiger partial charge in [-0.05, 0) is 36.4 Å². The van der Waals surface area contributed by atoms with Gasteiger partial charge in [-0.15, -0.1) is 0 Å². The minimum Gasteiger partial charge on any atom is -0.487 e. The summed E-state index contributed by atoms with van der Waals surface area (Å²) in [4.78, 5) is 23.8. The van der Waals surface area contributed by atoms with E-state index in [9.17, 15) is 9.90 Å². The van der Waals surface area contributed by atoms with Crippen LogP contribution in [0.1, 0.15) is 16.1 Å². The van der Waals surface area contributed by atoms with E-state index >= 15 is 0 Å². The lowest BCUT2D eigenvalue weighted by Crippen LogP contribution is -2.05. The third kappa shape index (κ3) is 3.67. The van der Waals surface area contributed by atoms with E-state index in [0.29, 0.717) is 16.5 Å². The lowest BCUT2D eigenvalue weighted by atomic mass is 10.2. The van der Waals surface area contributed by atoms with Gasteiger partial charge in [-0.2, -0.15) is 0 Å². The van der Waals surface area contributed by atoms with Crippen molar-refractivity contribution < 1.29 is 14.6 Å². The van der Waals surface area contributed by atoms with Crippen molar-refractivity contribution in [3.63, 3.8) is 0 Å². The molecule has 0 spiro atoms. The first-order valence-corrected chi connectivity index (χ1v) is 7.40. The van der Waals surface area contributed by atoms with E-state index < -0.39 is 5.97 Å². The van der Waals surface area contributed by atoms with Crippen molar-refractivity contribution in [1.29, 1.82) is 0 Å². The summed E-state index contributed by atoms with van der Waals surface area (Å²) in [5.74, 6) is -0.228. The van der Waals surface area contributed by atoms with Crippen molar-refractivity contribution in [2.75, 3.05) is 0 Å². The van der Waals surface area contributed by atoms with Crippen LogP contribution in [0.4, 0.5) is 0 Å². The van der Waals surface area contributed by atoms with Gasteiger partial charge in [0.15, 0.2) is 5.82 Å². The van der Waals surface area contributed by atoms with E-state index in [2.05, 4.69) is 15.0 Å². The number of pyridine rings is 1. The molecular formula is C17H12ClN3O3. The lowest BCUT2D eigenvalue weighted by molar-refractivity contribution is 0.0697. The molecule has 120 valence electrons. The lowest BCUT2D eigenvalue weighted by Gasteiger charge is -2.08. The Kier molecular flexibility index (Phi) is 4.67. The van der Waals surface area contributed by atoms with E-state index in [-0.39, 0.29) is 23.7 Å². The van der Waals surface area contributed by atoms with Gasteiger partial charge < -0.3 is 9.84 Å². The highest BCUT2D eigenvalue weighted by molar-refractivity contribution is 6.30. The summed E-state index contributed by atoms with van der Waals surface area (Å²) in [5, 5.41) is 9.82. The smallest absolute Gasteiger partial charge is 0.338 e. The maximum absolute atomic E-state index is 11.3. The van der Waals surface area contributed by atoms with Crippen LogP contribution in [0.15, 0.2) is 54.9 Å². The molecule has 0 saturated heterocycles. The Morgan fingerprint density at radius 3 is 2.79 bits per heavy atom. The van der Waals surface area contributed by atoms with Gasteiger partial charge >= 0.3 is 5.97 Å². The molecule has 1 aromatic carbocycles. The number of aromatic nitrogens is 3. The molecule has 7 heteroatoms. The van der Waals surface area contributed by atoms with Gasteiger partial charge in [0.1, 0.15) is 18.1 Å². The minimum atomic E-state index is -1.08. The van der Waals surface area contributed by atoms with Crippen molar-refractivity contribution in [3.8, 4) is 17.3 Å². The molecule has 2 heterocycles. The topological polar surface area (TPSA) is 85.2 Å². The first-order chi connectivity index (χ1) is 11.6. The Balaban J connectivity index is 1.83. The average molecular weight is 342 g/mol. The van der Waals surface area contributed by atoms with E-state index in [0.717, 1.165) is 0 Å². The predicted octanol–water partition coefficient (Wildman–Crippen LogP) is 3.47. The molecular weight excluding hydrogens is 330 g/mol. The number of aromatic carboxylic acids is 1. The van der Waals surface area contributed by atoms with Crippen LogP contribution in [0, 0.1) is 0 Å². The van der Waals surface area contributed by atoms with Crippen molar-refractivity contribution in [1.82, 2.24) is 15.0 Å². The summed E-state index contributed by atoms with van der Waals surface area (Å²) in [6.07, 6.45) is 3.04. The quantitative estimate of drug-likeness (QED) is 0.764. The Morgan fingerprint density at radius 2 is 2.00 bits per heavy atom. The van der Waals surface area contributed by atoms with Crippen LogP contribution < -0.4 is 4.74 Å². The van der Waals surface area contributed by atoms with E-state index in [1.807, 2.05) is 0 Å². The largest absolute Gasteiger partial charge is 0.487 e. The monoisotopic (exact) mass is 341 g/mol. The fourth-order valence-electron chi connectivity index (χ4n) is 2.06. The molecule has 0 saturated carbocycles. The van der Waals surface area contributed by atoms with E-state index in [1.165, 1.54) is 12.3 Å². The maximum atomic E-state index is 11.3. The van der Waals surface area contributed by atoms with Crippen molar-refractivity contribution in [2.45, 2.75) is 6.61 Å². The second-order valence-corrected chi connectivity index (χ2v) is 5.26. The summed E-state index contributed by atoms with van der Waals surface area (Å²) < 4.78 is 5.63. The SMILES string of the molecule is O=C(O)c1cccnc1-c1nccc(COc2cccc(Cl)c2)n1. The van der Waals surface area contributed by atoms with Crippen LogP contribution in [-0.4, -0.2) is 26.0 Å². The predicted molar refractivity (Wildman–Crippen MR) is 88.0 cm³/mol. The Labute approximate surface area is 142 Å². The highest BCUT2D eigenvalue weighted by Crippen LogP contribution is 2.20. The third-order valence-corrected chi connectivity index (χ3v) is 3.38. The molecule has 6 nitrogen and oxygen atoms in total. The molecule has 3 rings (SSSR count). The number of rotatable bonds is 5. The first kappa shape index (κ1) is 15.9. The van der Waals surface area contributed by atoms with Crippen molar-refractivity contribution in [2.24, 2.45) is 0 Å². The zero-order valence-corrected chi connectivity index (χ0v) is 13.1. The van der Waals surface area contributed by atoms with Gasteiger partial charge in [0.2, 0.25) is 0 Å². The number of benzene rings is 1. The molecule has 0 atom stereocenters. The summed E-state index contributed by atoms with van der Waals surface area (Å²) >= 11 is 5.91. The molecule has 0 fully saturated rings.